The van der Waals surface area contributed by atoms with Crippen LogP contribution in [-0.4, -0.2) is 53.5 Å². The summed E-state index contributed by atoms with van der Waals surface area (Å²) in [5, 5.41) is 3.89. The molecule has 2 aromatic heterocycles. The Kier molecular flexibility index (Phi) is 6.85. The molecular formula is C24H28ClN5O3. The largest absolute Gasteiger partial charge is 0.497 e. The van der Waals surface area contributed by atoms with Crippen LogP contribution in [0.4, 0.5) is 11.5 Å². The highest BCUT2D eigenvalue weighted by Crippen LogP contribution is 2.30. The summed E-state index contributed by atoms with van der Waals surface area (Å²) >= 11 is 6.45. The van der Waals surface area contributed by atoms with Crippen LogP contribution in [-0.2, 0) is 11.8 Å². The molecule has 8 nitrogen and oxygen atoms in total. The number of rotatable bonds is 7. The smallest absolute Gasteiger partial charge is 0.277 e. The lowest BCUT2D eigenvalue weighted by atomic mass is 10.1. The fraction of sp³-hybridized carbons (Fsp3) is 0.375. The molecule has 1 aromatic carbocycles. The van der Waals surface area contributed by atoms with Crippen molar-refractivity contribution >= 4 is 23.1 Å². The van der Waals surface area contributed by atoms with E-state index in [9.17, 15) is 4.79 Å². The molecule has 3 heterocycles. The first kappa shape index (κ1) is 23.1. The van der Waals surface area contributed by atoms with Crippen LogP contribution < -0.4 is 20.5 Å². The summed E-state index contributed by atoms with van der Waals surface area (Å²) in [6.07, 6.45) is 1.69. The Hall–Kier alpha value is -3.10. The molecule has 0 radical (unpaired) electrons. The molecule has 174 valence electrons. The van der Waals surface area contributed by atoms with E-state index in [2.05, 4.69) is 15.2 Å². The van der Waals surface area contributed by atoms with Crippen LogP contribution in [0.1, 0.15) is 12.6 Å². The van der Waals surface area contributed by atoms with E-state index < -0.39 is 0 Å². The number of nitrogens with zero attached hydrogens (tertiary/aromatic N) is 4. The van der Waals surface area contributed by atoms with E-state index in [1.165, 1.54) is 4.57 Å². The van der Waals surface area contributed by atoms with Gasteiger partial charge in [0.15, 0.2) is 0 Å². The van der Waals surface area contributed by atoms with E-state index in [1.807, 2.05) is 38.1 Å². The summed E-state index contributed by atoms with van der Waals surface area (Å²) in [6, 6.07) is 11.1. The van der Waals surface area contributed by atoms with Crippen molar-refractivity contribution in [3.8, 4) is 17.1 Å². The second-order valence-electron chi connectivity index (χ2n) is 7.94. The number of benzene rings is 1. The van der Waals surface area contributed by atoms with Gasteiger partial charge in [0.05, 0.1) is 30.0 Å². The average Bonchev–Trinajstić information content (AvgIpc) is 3.22. The van der Waals surface area contributed by atoms with E-state index in [4.69, 9.17) is 26.1 Å². The minimum absolute atomic E-state index is 0.0863. The zero-order valence-electron chi connectivity index (χ0n) is 19.2. The number of hydrogen-bond acceptors (Lipinski definition) is 7. The van der Waals surface area contributed by atoms with Gasteiger partial charge in [0.2, 0.25) is 0 Å². The zero-order valence-corrected chi connectivity index (χ0v) is 20.0. The van der Waals surface area contributed by atoms with Crippen LogP contribution in [0.5, 0.6) is 5.75 Å². The molecule has 1 N–H and O–H groups in total. The van der Waals surface area contributed by atoms with Crippen LogP contribution in [0.15, 0.2) is 47.4 Å². The Bertz CT molecular complexity index is 1180. The highest BCUT2D eigenvalue weighted by molar-refractivity contribution is 6.33. The zero-order chi connectivity index (χ0) is 23.5. The van der Waals surface area contributed by atoms with Gasteiger partial charge in [-0.15, -0.1) is 0 Å². The van der Waals surface area contributed by atoms with E-state index in [-0.39, 0.29) is 17.7 Å². The maximum atomic E-state index is 13.3. The number of aryl methyl sites for hydroxylation is 1. The minimum Gasteiger partial charge on any atom is -0.497 e. The molecule has 0 spiro atoms. The van der Waals surface area contributed by atoms with E-state index in [0.29, 0.717) is 53.2 Å². The Morgan fingerprint density at radius 2 is 2.06 bits per heavy atom. The van der Waals surface area contributed by atoms with Crippen molar-refractivity contribution in [1.82, 2.24) is 14.5 Å². The Balaban J connectivity index is 1.64. The maximum Gasteiger partial charge on any atom is 0.277 e. The third-order valence-electron chi connectivity index (χ3n) is 5.84. The molecule has 3 aromatic rings. The third-order valence-corrected chi connectivity index (χ3v) is 6.15. The lowest BCUT2D eigenvalue weighted by molar-refractivity contribution is 0.0720. The van der Waals surface area contributed by atoms with Gasteiger partial charge in [0.25, 0.3) is 5.56 Å². The van der Waals surface area contributed by atoms with Gasteiger partial charge in [-0.2, -0.15) is 0 Å². The van der Waals surface area contributed by atoms with Crippen LogP contribution in [0.25, 0.3) is 11.4 Å². The van der Waals surface area contributed by atoms with Gasteiger partial charge in [-0.05, 0) is 44.2 Å². The van der Waals surface area contributed by atoms with E-state index in [0.717, 1.165) is 5.82 Å². The van der Waals surface area contributed by atoms with Crippen molar-refractivity contribution in [2.45, 2.75) is 26.0 Å². The summed E-state index contributed by atoms with van der Waals surface area (Å²) in [6.45, 7) is 5.74. The molecule has 2 atom stereocenters. The molecule has 1 aliphatic heterocycles. The standard InChI is InChI=1S/C24H28ClN5O3/c1-5-33-20-14-30(21-8-6-7-11-26-21)13-19(20)28-22-15(2)27-23(29(3)24(22)31)17-10-9-16(32-4)12-18(17)25/h6-12,19-20,28H,5,13-14H2,1-4H3/t19-,20+/m1/s1. The molecule has 0 bridgehead atoms. The van der Waals surface area contributed by atoms with Gasteiger partial charge in [-0.25, -0.2) is 9.97 Å². The van der Waals surface area contributed by atoms with Crippen LogP contribution in [0.3, 0.4) is 0 Å². The highest BCUT2D eigenvalue weighted by Gasteiger charge is 2.35. The molecule has 4 rings (SSSR count). The van der Waals surface area contributed by atoms with Gasteiger partial charge in [0.1, 0.15) is 23.1 Å². The van der Waals surface area contributed by atoms with Crippen molar-refractivity contribution in [3.63, 3.8) is 0 Å². The number of nitrogens with one attached hydrogen (secondary N) is 1. The van der Waals surface area contributed by atoms with Crippen LogP contribution in [0, 0.1) is 6.92 Å². The number of halogens is 1. The maximum absolute atomic E-state index is 13.3. The second-order valence-corrected chi connectivity index (χ2v) is 8.35. The van der Waals surface area contributed by atoms with Gasteiger partial charge in [0, 0.05) is 38.5 Å². The molecule has 0 aliphatic carbocycles. The average molecular weight is 470 g/mol. The van der Waals surface area contributed by atoms with Gasteiger partial charge in [-0.3, -0.25) is 9.36 Å². The number of anilines is 2. The highest BCUT2D eigenvalue weighted by atomic mass is 35.5. The summed E-state index contributed by atoms with van der Waals surface area (Å²) in [5.41, 5.74) is 1.56. The number of pyridine rings is 1. The Morgan fingerprint density at radius 1 is 1.24 bits per heavy atom. The molecular weight excluding hydrogens is 442 g/mol. The molecule has 0 unspecified atom stereocenters. The molecule has 9 heteroatoms. The third kappa shape index (κ3) is 4.67. The van der Waals surface area contributed by atoms with Crippen molar-refractivity contribution in [3.05, 3.63) is 63.7 Å². The fourth-order valence-electron chi connectivity index (χ4n) is 4.13. The monoisotopic (exact) mass is 469 g/mol. The Morgan fingerprint density at radius 3 is 2.73 bits per heavy atom. The first-order valence-corrected chi connectivity index (χ1v) is 11.3. The quantitative estimate of drug-likeness (QED) is 0.567. The van der Waals surface area contributed by atoms with E-state index in [1.54, 1.807) is 32.5 Å². The molecule has 1 fully saturated rings. The molecule has 0 amide bonds. The van der Waals surface area contributed by atoms with Crippen molar-refractivity contribution in [2.75, 3.05) is 37.0 Å². The van der Waals surface area contributed by atoms with Crippen LogP contribution >= 0.6 is 11.6 Å². The summed E-state index contributed by atoms with van der Waals surface area (Å²) in [4.78, 5) is 24.7. The number of aromatic nitrogens is 3. The predicted molar refractivity (Wildman–Crippen MR) is 130 cm³/mol. The number of ether oxygens (including phenoxy) is 2. The molecule has 1 saturated heterocycles. The molecule has 0 saturated carbocycles. The lowest BCUT2D eigenvalue weighted by Crippen LogP contribution is -2.38. The second kappa shape index (κ2) is 9.80. The number of methoxy groups -OCH3 is 1. The van der Waals surface area contributed by atoms with Crippen molar-refractivity contribution < 1.29 is 9.47 Å². The lowest BCUT2D eigenvalue weighted by Gasteiger charge is -2.22. The van der Waals surface area contributed by atoms with Crippen LogP contribution in [0.2, 0.25) is 5.02 Å². The van der Waals surface area contributed by atoms with Crippen molar-refractivity contribution in [2.24, 2.45) is 7.05 Å². The Labute approximate surface area is 198 Å². The summed E-state index contributed by atoms with van der Waals surface area (Å²) in [7, 11) is 3.28. The number of hydrogen-bond donors (Lipinski definition) is 1. The summed E-state index contributed by atoms with van der Waals surface area (Å²) < 4.78 is 12.7. The molecule has 1 aliphatic rings. The van der Waals surface area contributed by atoms with Gasteiger partial charge >= 0.3 is 0 Å². The summed E-state index contributed by atoms with van der Waals surface area (Å²) in [5.74, 6) is 2.03. The molecule has 33 heavy (non-hydrogen) atoms. The topological polar surface area (TPSA) is 81.5 Å². The fourth-order valence-corrected chi connectivity index (χ4v) is 4.38. The first-order valence-electron chi connectivity index (χ1n) is 10.9. The SMILES string of the molecule is CCO[C@H]1CN(c2ccccn2)C[C@H]1Nc1c(C)nc(-c2ccc(OC)cc2Cl)n(C)c1=O. The van der Waals surface area contributed by atoms with Gasteiger partial charge < -0.3 is 19.7 Å². The van der Waals surface area contributed by atoms with E-state index >= 15 is 0 Å². The first-order chi connectivity index (χ1) is 15.9. The normalized spacial score (nSPS) is 17.9. The predicted octanol–water partition coefficient (Wildman–Crippen LogP) is 3.52. The minimum atomic E-state index is -0.170. The van der Waals surface area contributed by atoms with Gasteiger partial charge in [-0.1, -0.05) is 17.7 Å². The van der Waals surface area contributed by atoms with Crippen molar-refractivity contribution in [1.29, 1.82) is 0 Å².